The average Bonchev–Trinajstić information content (AvgIpc) is 2.59. The number of ether oxygens (including phenoxy) is 1. The van der Waals surface area contributed by atoms with Crippen LogP contribution in [0.2, 0.25) is 5.02 Å². The number of carbonyl (C=O) groups excluding carboxylic acids is 1. The smallest absolute Gasteiger partial charge is 0.374 e. The second-order valence-corrected chi connectivity index (χ2v) is 7.36. The van der Waals surface area contributed by atoms with E-state index in [1.165, 1.54) is 5.56 Å². The van der Waals surface area contributed by atoms with Crippen LogP contribution in [0.4, 0.5) is 0 Å². The van der Waals surface area contributed by atoms with E-state index in [0.717, 1.165) is 0 Å². The normalized spacial score (nSPS) is 13.2. The van der Waals surface area contributed by atoms with Gasteiger partial charge in [-0.05, 0) is 54.3 Å². The molecule has 6 heteroatoms. The highest BCUT2D eigenvalue weighted by atomic mass is 35.5. The van der Waals surface area contributed by atoms with Crippen molar-refractivity contribution in [3.63, 3.8) is 0 Å². The van der Waals surface area contributed by atoms with Crippen LogP contribution in [0.3, 0.4) is 0 Å². The third-order valence-corrected chi connectivity index (χ3v) is 3.99. The Bertz CT molecular complexity index is 778. The van der Waals surface area contributed by atoms with Crippen molar-refractivity contribution in [1.29, 1.82) is 0 Å². The predicted octanol–water partition coefficient (Wildman–Crippen LogP) is 4.27. The van der Waals surface area contributed by atoms with Gasteiger partial charge in [-0.3, -0.25) is 0 Å². The van der Waals surface area contributed by atoms with Gasteiger partial charge in [0.15, 0.2) is 11.9 Å². The van der Waals surface area contributed by atoms with Crippen LogP contribution >= 0.6 is 11.6 Å². The van der Waals surface area contributed by atoms with Crippen molar-refractivity contribution in [1.82, 2.24) is 0 Å². The fourth-order valence-electron chi connectivity index (χ4n) is 2.13. The summed E-state index contributed by atoms with van der Waals surface area (Å²) in [7, 11) is 0. The van der Waals surface area contributed by atoms with Gasteiger partial charge in [-0.1, -0.05) is 49.7 Å². The Morgan fingerprint density at radius 1 is 1.08 bits per heavy atom. The maximum absolute atomic E-state index is 12.0. The van der Waals surface area contributed by atoms with E-state index < -0.39 is 12.1 Å². The van der Waals surface area contributed by atoms with Crippen LogP contribution in [-0.4, -0.2) is 17.9 Å². The number of amidine groups is 1. The summed E-state index contributed by atoms with van der Waals surface area (Å²) < 4.78 is 5.60. The summed E-state index contributed by atoms with van der Waals surface area (Å²) >= 11 is 5.81. The molecule has 0 saturated carbocycles. The van der Waals surface area contributed by atoms with Crippen molar-refractivity contribution >= 4 is 23.4 Å². The topological polar surface area (TPSA) is 73.9 Å². The minimum absolute atomic E-state index is 0.0526. The molecule has 0 aliphatic rings. The Morgan fingerprint density at radius 3 is 2.19 bits per heavy atom. The summed E-state index contributed by atoms with van der Waals surface area (Å²) in [6.45, 7) is 7.98. The number of nitrogens with two attached hydrogens (primary N) is 1. The third-order valence-electron chi connectivity index (χ3n) is 3.74. The lowest BCUT2D eigenvalue weighted by molar-refractivity contribution is -0.151. The Morgan fingerprint density at radius 2 is 1.65 bits per heavy atom. The SMILES string of the molecule is CC(Oc1ccc(C(C)(C)C)cc1)C(=O)ON=C(N)c1ccc(Cl)cc1. The maximum atomic E-state index is 12.0. The monoisotopic (exact) mass is 374 g/mol. The van der Waals surface area contributed by atoms with Crippen molar-refractivity contribution in [3.8, 4) is 5.75 Å². The lowest BCUT2D eigenvalue weighted by atomic mass is 9.87. The van der Waals surface area contributed by atoms with Crippen LogP contribution in [0.15, 0.2) is 53.7 Å². The van der Waals surface area contributed by atoms with E-state index in [0.29, 0.717) is 16.3 Å². The molecule has 0 aliphatic carbocycles. The van der Waals surface area contributed by atoms with Crippen LogP contribution < -0.4 is 10.5 Å². The highest BCUT2D eigenvalue weighted by molar-refractivity contribution is 6.30. The van der Waals surface area contributed by atoms with Crippen LogP contribution in [0.25, 0.3) is 0 Å². The van der Waals surface area contributed by atoms with Gasteiger partial charge < -0.3 is 15.3 Å². The summed E-state index contributed by atoms with van der Waals surface area (Å²) in [6, 6.07) is 14.3. The number of halogens is 1. The van der Waals surface area contributed by atoms with Crippen molar-refractivity contribution in [2.75, 3.05) is 0 Å². The van der Waals surface area contributed by atoms with E-state index >= 15 is 0 Å². The van der Waals surface area contributed by atoms with Gasteiger partial charge in [0.05, 0.1) is 0 Å². The molecule has 0 amide bonds. The minimum Gasteiger partial charge on any atom is -0.479 e. The standard InChI is InChI=1S/C20H23ClN2O3/c1-13(25-17-11-7-15(8-12-17)20(2,3)4)19(24)26-23-18(22)14-5-9-16(21)10-6-14/h5-13H,1-4H3,(H2,22,23). The van der Waals surface area contributed by atoms with Crippen molar-refractivity contribution in [3.05, 3.63) is 64.7 Å². The van der Waals surface area contributed by atoms with Gasteiger partial charge in [0.25, 0.3) is 0 Å². The van der Waals surface area contributed by atoms with Crippen molar-refractivity contribution in [2.24, 2.45) is 10.9 Å². The van der Waals surface area contributed by atoms with Gasteiger partial charge in [-0.25, -0.2) is 4.79 Å². The first-order valence-electron chi connectivity index (χ1n) is 8.24. The zero-order valence-electron chi connectivity index (χ0n) is 15.3. The quantitative estimate of drug-likeness (QED) is 0.367. The number of carbonyl (C=O) groups is 1. The zero-order valence-corrected chi connectivity index (χ0v) is 16.1. The number of oxime groups is 1. The molecular formula is C20H23ClN2O3. The lowest BCUT2D eigenvalue weighted by Crippen LogP contribution is -2.26. The van der Waals surface area contributed by atoms with E-state index in [4.69, 9.17) is 26.9 Å². The molecule has 0 saturated heterocycles. The molecule has 0 spiro atoms. The molecule has 0 aliphatic heterocycles. The van der Waals surface area contributed by atoms with Crippen LogP contribution in [-0.2, 0) is 15.0 Å². The number of hydrogen-bond acceptors (Lipinski definition) is 4. The van der Waals surface area contributed by atoms with Crippen molar-refractivity contribution in [2.45, 2.75) is 39.2 Å². The molecule has 2 aromatic carbocycles. The second-order valence-electron chi connectivity index (χ2n) is 6.93. The van der Waals surface area contributed by atoms with Gasteiger partial charge >= 0.3 is 5.97 Å². The largest absolute Gasteiger partial charge is 0.479 e. The summed E-state index contributed by atoms with van der Waals surface area (Å²) in [5, 5.41) is 4.24. The first-order valence-corrected chi connectivity index (χ1v) is 8.62. The highest BCUT2D eigenvalue weighted by Crippen LogP contribution is 2.24. The molecule has 0 fully saturated rings. The van der Waals surface area contributed by atoms with E-state index in [1.807, 2.05) is 24.3 Å². The summed E-state index contributed by atoms with van der Waals surface area (Å²) in [4.78, 5) is 16.9. The minimum atomic E-state index is -0.822. The summed E-state index contributed by atoms with van der Waals surface area (Å²) in [5.41, 5.74) is 7.63. The maximum Gasteiger partial charge on any atom is 0.374 e. The van der Waals surface area contributed by atoms with Gasteiger partial charge in [0.2, 0.25) is 0 Å². The summed E-state index contributed by atoms with van der Waals surface area (Å²) in [5.74, 6) is 0.0238. The van der Waals surface area contributed by atoms with Crippen LogP contribution in [0.5, 0.6) is 5.75 Å². The highest BCUT2D eigenvalue weighted by Gasteiger charge is 2.18. The average molecular weight is 375 g/mol. The van der Waals surface area contributed by atoms with E-state index in [-0.39, 0.29) is 11.3 Å². The molecule has 0 bridgehead atoms. The molecule has 0 radical (unpaired) electrons. The van der Waals surface area contributed by atoms with Gasteiger partial charge in [0, 0.05) is 10.6 Å². The molecule has 26 heavy (non-hydrogen) atoms. The number of nitrogens with zero attached hydrogens (tertiary/aromatic N) is 1. The first kappa shape index (κ1) is 19.8. The van der Waals surface area contributed by atoms with Crippen LogP contribution in [0.1, 0.15) is 38.8 Å². The number of rotatable bonds is 5. The second kappa shape index (κ2) is 8.23. The first-order chi connectivity index (χ1) is 12.2. The predicted molar refractivity (Wildman–Crippen MR) is 104 cm³/mol. The Labute approximate surface area is 158 Å². The molecule has 0 heterocycles. The number of benzene rings is 2. The number of hydrogen-bond donors (Lipinski definition) is 1. The van der Waals surface area contributed by atoms with Gasteiger partial charge in [0.1, 0.15) is 5.75 Å². The molecule has 1 unspecified atom stereocenters. The van der Waals surface area contributed by atoms with E-state index in [2.05, 4.69) is 25.9 Å². The molecule has 2 rings (SSSR count). The Balaban J connectivity index is 1.94. The van der Waals surface area contributed by atoms with Gasteiger partial charge in [-0.2, -0.15) is 0 Å². The lowest BCUT2D eigenvalue weighted by Gasteiger charge is -2.19. The van der Waals surface area contributed by atoms with Crippen molar-refractivity contribution < 1.29 is 14.4 Å². The zero-order chi connectivity index (χ0) is 19.3. The fourth-order valence-corrected chi connectivity index (χ4v) is 2.25. The van der Waals surface area contributed by atoms with Gasteiger partial charge in [-0.15, -0.1) is 0 Å². The molecule has 5 nitrogen and oxygen atoms in total. The molecule has 138 valence electrons. The Hall–Kier alpha value is -2.53. The summed E-state index contributed by atoms with van der Waals surface area (Å²) in [6.07, 6.45) is -0.822. The molecule has 2 N–H and O–H groups in total. The molecule has 1 atom stereocenters. The molecular weight excluding hydrogens is 352 g/mol. The van der Waals surface area contributed by atoms with E-state index in [9.17, 15) is 4.79 Å². The van der Waals surface area contributed by atoms with E-state index in [1.54, 1.807) is 31.2 Å². The van der Waals surface area contributed by atoms with Crippen LogP contribution in [0, 0.1) is 0 Å². The molecule has 0 aromatic heterocycles. The Kier molecular flexibility index (Phi) is 6.27. The third kappa shape index (κ3) is 5.49. The fraction of sp³-hybridized carbons (Fsp3) is 0.300. The molecule has 2 aromatic rings.